The Morgan fingerprint density at radius 3 is 2.41 bits per heavy atom. The van der Waals surface area contributed by atoms with Crippen LogP contribution in [0.25, 0.3) is 0 Å². The SMILES string of the molecule is CC(NC(=O)N1CCN(CCN(C)C)CC1)c1ccccc1. The fourth-order valence-electron chi connectivity index (χ4n) is 2.62. The van der Waals surface area contributed by atoms with Crippen LogP contribution in [0, 0.1) is 0 Å². The molecule has 1 aliphatic rings. The van der Waals surface area contributed by atoms with Crippen molar-refractivity contribution in [3.05, 3.63) is 35.9 Å². The highest BCUT2D eigenvalue weighted by atomic mass is 16.2. The Kier molecular flexibility index (Phi) is 6.21. The van der Waals surface area contributed by atoms with Crippen molar-refractivity contribution in [1.82, 2.24) is 20.0 Å². The number of nitrogens with one attached hydrogen (secondary N) is 1. The number of benzene rings is 1. The Morgan fingerprint density at radius 2 is 1.82 bits per heavy atom. The zero-order valence-electron chi connectivity index (χ0n) is 14.0. The van der Waals surface area contributed by atoms with Crippen LogP contribution < -0.4 is 5.32 Å². The molecule has 22 heavy (non-hydrogen) atoms. The number of hydrogen-bond donors (Lipinski definition) is 1. The number of nitrogens with zero attached hydrogens (tertiary/aromatic N) is 3. The lowest BCUT2D eigenvalue weighted by atomic mass is 10.1. The van der Waals surface area contributed by atoms with Gasteiger partial charge < -0.3 is 15.1 Å². The number of carbonyl (C=O) groups is 1. The molecule has 1 fully saturated rings. The van der Waals surface area contributed by atoms with Gasteiger partial charge in [0.05, 0.1) is 6.04 Å². The predicted octanol–water partition coefficient (Wildman–Crippen LogP) is 1.64. The van der Waals surface area contributed by atoms with Crippen molar-refractivity contribution < 1.29 is 4.79 Å². The Morgan fingerprint density at radius 1 is 1.18 bits per heavy atom. The second-order valence-corrected chi connectivity index (χ2v) is 6.21. The molecule has 0 saturated carbocycles. The molecule has 2 rings (SSSR count). The smallest absolute Gasteiger partial charge is 0.317 e. The van der Waals surface area contributed by atoms with Crippen LogP contribution in [0.15, 0.2) is 30.3 Å². The van der Waals surface area contributed by atoms with Crippen molar-refractivity contribution in [2.24, 2.45) is 0 Å². The molecule has 1 unspecified atom stereocenters. The number of carbonyl (C=O) groups excluding carboxylic acids is 1. The molecule has 2 amide bonds. The molecule has 1 aromatic rings. The molecule has 1 heterocycles. The molecule has 0 radical (unpaired) electrons. The van der Waals surface area contributed by atoms with Gasteiger partial charge in [0.1, 0.15) is 0 Å². The summed E-state index contributed by atoms with van der Waals surface area (Å²) in [5.74, 6) is 0. The third-order valence-corrected chi connectivity index (χ3v) is 4.16. The molecular weight excluding hydrogens is 276 g/mol. The van der Waals surface area contributed by atoms with E-state index in [-0.39, 0.29) is 12.1 Å². The second-order valence-electron chi connectivity index (χ2n) is 6.21. The topological polar surface area (TPSA) is 38.8 Å². The fourth-order valence-corrected chi connectivity index (χ4v) is 2.62. The third-order valence-electron chi connectivity index (χ3n) is 4.16. The quantitative estimate of drug-likeness (QED) is 0.899. The minimum Gasteiger partial charge on any atom is -0.331 e. The van der Waals surface area contributed by atoms with Crippen molar-refractivity contribution in [1.29, 1.82) is 0 Å². The van der Waals surface area contributed by atoms with Gasteiger partial charge in [0, 0.05) is 39.3 Å². The van der Waals surface area contributed by atoms with E-state index in [1.807, 2.05) is 42.2 Å². The van der Waals surface area contributed by atoms with Gasteiger partial charge >= 0.3 is 6.03 Å². The summed E-state index contributed by atoms with van der Waals surface area (Å²) < 4.78 is 0. The minimum absolute atomic E-state index is 0.0421. The van der Waals surface area contributed by atoms with Gasteiger partial charge in [-0.15, -0.1) is 0 Å². The zero-order valence-corrected chi connectivity index (χ0v) is 14.0. The van der Waals surface area contributed by atoms with E-state index < -0.39 is 0 Å². The molecule has 1 aliphatic heterocycles. The van der Waals surface area contributed by atoms with Crippen molar-refractivity contribution in [3.8, 4) is 0 Å². The van der Waals surface area contributed by atoms with E-state index in [2.05, 4.69) is 29.2 Å². The Bertz CT molecular complexity index is 455. The van der Waals surface area contributed by atoms with Gasteiger partial charge in [0.2, 0.25) is 0 Å². The molecule has 1 aromatic carbocycles. The monoisotopic (exact) mass is 304 g/mol. The van der Waals surface area contributed by atoms with Crippen molar-refractivity contribution in [2.75, 3.05) is 53.4 Å². The predicted molar refractivity (Wildman–Crippen MR) is 90.0 cm³/mol. The van der Waals surface area contributed by atoms with Crippen molar-refractivity contribution in [2.45, 2.75) is 13.0 Å². The van der Waals surface area contributed by atoms with Crippen LogP contribution in [0.4, 0.5) is 4.79 Å². The molecule has 0 spiro atoms. The first kappa shape index (κ1) is 16.8. The number of likely N-dealkylation sites (N-methyl/N-ethyl adjacent to an activating group) is 1. The molecular formula is C17H28N4O. The maximum atomic E-state index is 12.3. The lowest BCUT2D eigenvalue weighted by Crippen LogP contribution is -2.52. The third kappa shape index (κ3) is 5.00. The van der Waals surface area contributed by atoms with Crippen LogP contribution in [0.5, 0.6) is 0 Å². The normalized spacial score (nSPS) is 17.5. The second kappa shape index (κ2) is 8.15. The fraction of sp³-hybridized carbons (Fsp3) is 0.588. The van der Waals surface area contributed by atoms with E-state index in [9.17, 15) is 4.79 Å². The van der Waals surface area contributed by atoms with Gasteiger partial charge in [-0.2, -0.15) is 0 Å². The lowest BCUT2D eigenvalue weighted by Gasteiger charge is -2.35. The first-order chi connectivity index (χ1) is 10.6. The summed E-state index contributed by atoms with van der Waals surface area (Å²) in [5.41, 5.74) is 1.14. The van der Waals surface area contributed by atoms with Gasteiger partial charge in [-0.05, 0) is 26.6 Å². The van der Waals surface area contributed by atoms with Crippen molar-refractivity contribution >= 4 is 6.03 Å². The highest BCUT2D eigenvalue weighted by Gasteiger charge is 2.22. The van der Waals surface area contributed by atoms with E-state index in [0.717, 1.165) is 44.8 Å². The van der Waals surface area contributed by atoms with Crippen LogP contribution in [-0.4, -0.2) is 74.1 Å². The average Bonchev–Trinajstić information content (AvgIpc) is 2.54. The van der Waals surface area contributed by atoms with Gasteiger partial charge in [-0.3, -0.25) is 4.90 Å². The number of urea groups is 1. The van der Waals surface area contributed by atoms with Crippen LogP contribution in [0.3, 0.4) is 0 Å². The van der Waals surface area contributed by atoms with Gasteiger partial charge in [0.15, 0.2) is 0 Å². The molecule has 122 valence electrons. The Labute approximate surface area is 133 Å². The summed E-state index contributed by atoms with van der Waals surface area (Å²) in [6, 6.07) is 10.2. The number of hydrogen-bond acceptors (Lipinski definition) is 3. The van der Waals surface area contributed by atoms with Gasteiger partial charge in [-0.1, -0.05) is 30.3 Å². The highest BCUT2D eigenvalue weighted by Crippen LogP contribution is 2.12. The Balaban J connectivity index is 1.75. The van der Waals surface area contributed by atoms with Crippen LogP contribution in [0.2, 0.25) is 0 Å². The maximum absolute atomic E-state index is 12.3. The van der Waals surface area contributed by atoms with Gasteiger partial charge in [0.25, 0.3) is 0 Å². The van der Waals surface area contributed by atoms with E-state index in [4.69, 9.17) is 0 Å². The molecule has 1 saturated heterocycles. The molecule has 0 bridgehead atoms. The lowest BCUT2D eigenvalue weighted by molar-refractivity contribution is 0.132. The molecule has 5 nitrogen and oxygen atoms in total. The molecule has 0 aliphatic carbocycles. The summed E-state index contributed by atoms with van der Waals surface area (Å²) >= 11 is 0. The summed E-state index contributed by atoms with van der Waals surface area (Å²) in [7, 11) is 4.18. The van der Waals surface area contributed by atoms with E-state index in [1.54, 1.807) is 0 Å². The summed E-state index contributed by atoms with van der Waals surface area (Å²) in [4.78, 5) is 18.9. The summed E-state index contributed by atoms with van der Waals surface area (Å²) in [6.45, 7) is 7.70. The average molecular weight is 304 g/mol. The highest BCUT2D eigenvalue weighted by molar-refractivity contribution is 5.74. The Hall–Kier alpha value is -1.59. The largest absolute Gasteiger partial charge is 0.331 e. The zero-order chi connectivity index (χ0) is 15.9. The summed E-state index contributed by atoms with van der Waals surface area (Å²) in [6.07, 6.45) is 0. The maximum Gasteiger partial charge on any atom is 0.317 e. The van der Waals surface area contributed by atoms with E-state index in [0.29, 0.717) is 0 Å². The first-order valence-corrected chi connectivity index (χ1v) is 8.03. The first-order valence-electron chi connectivity index (χ1n) is 8.03. The summed E-state index contributed by atoms with van der Waals surface area (Å²) in [5, 5.41) is 3.09. The molecule has 1 N–H and O–H groups in total. The van der Waals surface area contributed by atoms with Gasteiger partial charge in [-0.25, -0.2) is 4.79 Å². The minimum atomic E-state index is 0.0421. The van der Waals surface area contributed by atoms with E-state index in [1.165, 1.54) is 0 Å². The number of piperazine rings is 1. The molecule has 5 heteroatoms. The molecule has 0 aromatic heterocycles. The van der Waals surface area contributed by atoms with E-state index >= 15 is 0 Å². The van der Waals surface area contributed by atoms with Crippen LogP contribution in [0.1, 0.15) is 18.5 Å². The molecule has 1 atom stereocenters. The van der Waals surface area contributed by atoms with Crippen molar-refractivity contribution in [3.63, 3.8) is 0 Å². The van der Waals surface area contributed by atoms with Crippen LogP contribution >= 0.6 is 0 Å². The standard InChI is InChI=1S/C17H28N4O/c1-15(16-7-5-4-6-8-16)18-17(22)21-13-11-20(12-14-21)10-9-19(2)3/h4-8,15H,9-14H2,1-3H3,(H,18,22). The van der Waals surface area contributed by atoms with Crippen LogP contribution in [-0.2, 0) is 0 Å². The number of amides is 2. The number of rotatable bonds is 5.